The lowest BCUT2D eigenvalue weighted by Crippen LogP contribution is -2.19. The second-order valence-electron chi connectivity index (χ2n) is 8.18. The molecule has 0 saturated carbocycles. The molecule has 2 aromatic carbocycles. The number of para-hydroxylation sites is 1. The van der Waals surface area contributed by atoms with Crippen molar-refractivity contribution in [3.05, 3.63) is 64.7 Å². The lowest BCUT2D eigenvalue weighted by atomic mass is 9.87. The zero-order chi connectivity index (χ0) is 23.7. The molecule has 0 aliphatic rings. The maximum absolute atomic E-state index is 12.0. The molecule has 3 aromatic rings. The van der Waals surface area contributed by atoms with E-state index in [4.69, 9.17) is 9.47 Å². The van der Waals surface area contributed by atoms with Gasteiger partial charge >= 0.3 is 0 Å². The third kappa shape index (κ3) is 8.18. The van der Waals surface area contributed by atoms with E-state index in [1.165, 1.54) is 28.7 Å². The van der Waals surface area contributed by atoms with Gasteiger partial charge in [0.15, 0.2) is 4.34 Å². The van der Waals surface area contributed by atoms with Crippen molar-refractivity contribution in [2.45, 2.75) is 37.4 Å². The van der Waals surface area contributed by atoms with Crippen LogP contribution in [-0.2, 0) is 10.2 Å². The van der Waals surface area contributed by atoms with E-state index in [0.717, 1.165) is 20.7 Å². The average molecular weight is 485 g/mol. The minimum Gasteiger partial charge on any atom is -0.490 e. The first-order chi connectivity index (χ1) is 15.8. The summed E-state index contributed by atoms with van der Waals surface area (Å²) in [5, 5.41) is 12.8. The number of hydrogen-bond donors (Lipinski definition) is 1. The van der Waals surface area contributed by atoms with Crippen LogP contribution in [0.5, 0.6) is 11.5 Å². The second-order valence-corrected chi connectivity index (χ2v) is 10.6. The van der Waals surface area contributed by atoms with Crippen LogP contribution in [0.3, 0.4) is 0 Å². The minimum absolute atomic E-state index is 0.114. The Kier molecular flexibility index (Phi) is 8.85. The summed E-state index contributed by atoms with van der Waals surface area (Å²) >= 11 is 2.79. The number of hydrazone groups is 1. The number of ether oxygens (including phenoxy) is 2. The van der Waals surface area contributed by atoms with Crippen molar-refractivity contribution in [1.29, 1.82) is 0 Å². The molecule has 0 unspecified atom stereocenters. The SMILES string of the molecule is Cc1nnc(SCC(=O)N/N=C\c2ccccc2OCCOc2ccc(C(C)(C)C)cc2)s1. The zero-order valence-corrected chi connectivity index (χ0v) is 20.8. The zero-order valence-electron chi connectivity index (χ0n) is 19.2. The van der Waals surface area contributed by atoms with Crippen molar-refractivity contribution in [3.8, 4) is 11.5 Å². The lowest BCUT2D eigenvalue weighted by Gasteiger charge is -2.19. The van der Waals surface area contributed by atoms with Gasteiger partial charge in [0.25, 0.3) is 5.91 Å². The quantitative estimate of drug-likeness (QED) is 0.192. The van der Waals surface area contributed by atoms with Crippen molar-refractivity contribution < 1.29 is 14.3 Å². The molecule has 3 rings (SSSR count). The Bertz CT molecular complexity index is 1080. The summed E-state index contributed by atoms with van der Waals surface area (Å²) in [6.07, 6.45) is 1.57. The van der Waals surface area contributed by atoms with Crippen LogP contribution in [0.15, 0.2) is 58.0 Å². The fourth-order valence-corrected chi connectivity index (χ4v) is 4.36. The van der Waals surface area contributed by atoms with E-state index in [2.05, 4.69) is 53.6 Å². The van der Waals surface area contributed by atoms with Gasteiger partial charge in [0, 0.05) is 5.56 Å². The lowest BCUT2D eigenvalue weighted by molar-refractivity contribution is -0.118. The number of nitrogens with one attached hydrogen (secondary N) is 1. The Balaban J connectivity index is 1.43. The number of thioether (sulfide) groups is 1. The minimum atomic E-state index is -0.214. The second kappa shape index (κ2) is 11.8. The first-order valence-electron chi connectivity index (χ1n) is 10.5. The molecule has 1 amide bonds. The summed E-state index contributed by atoms with van der Waals surface area (Å²) in [6, 6.07) is 15.6. The number of amides is 1. The largest absolute Gasteiger partial charge is 0.490 e. The maximum Gasteiger partial charge on any atom is 0.250 e. The van der Waals surface area contributed by atoms with E-state index in [1.807, 2.05) is 43.3 Å². The smallest absolute Gasteiger partial charge is 0.250 e. The van der Waals surface area contributed by atoms with Gasteiger partial charge in [0.05, 0.1) is 12.0 Å². The topological polar surface area (TPSA) is 85.7 Å². The molecule has 9 heteroatoms. The van der Waals surface area contributed by atoms with Gasteiger partial charge in [-0.05, 0) is 42.2 Å². The van der Waals surface area contributed by atoms with E-state index in [0.29, 0.717) is 19.0 Å². The molecule has 0 radical (unpaired) electrons. The van der Waals surface area contributed by atoms with Crippen LogP contribution in [0.25, 0.3) is 0 Å². The fraction of sp³-hybridized carbons (Fsp3) is 0.333. The summed E-state index contributed by atoms with van der Waals surface area (Å²) in [6.45, 7) is 9.23. The van der Waals surface area contributed by atoms with Gasteiger partial charge in [-0.3, -0.25) is 4.79 Å². The molecule has 1 aromatic heterocycles. The number of benzene rings is 2. The number of carbonyl (C=O) groups excluding carboxylic acids is 1. The number of rotatable bonds is 10. The number of aryl methyl sites for hydroxylation is 1. The van der Waals surface area contributed by atoms with Crippen LogP contribution in [0.1, 0.15) is 36.9 Å². The molecule has 174 valence electrons. The molecule has 0 saturated heterocycles. The third-order valence-corrected chi connectivity index (χ3v) is 6.45. The molecule has 1 heterocycles. The van der Waals surface area contributed by atoms with Crippen LogP contribution in [0.4, 0.5) is 0 Å². The van der Waals surface area contributed by atoms with E-state index < -0.39 is 0 Å². The summed E-state index contributed by atoms with van der Waals surface area (Å²) < 4.78 is 12.4. The molecule has 0 fully saturated rings. The molecule has 0 spiro atoms. The summed E-state index contributed by atoms with van der Waals surface area (Å²) in [5.41, 5.74) is 4.67. The summed E-state index contributed by atoms with van der Waals surface area (Å²) in [5.74, 6) is 1.48. The first-order valence-corrected chi connectivity index (χ1v) is 12.3. The number of hydrogen-bond acceptors (Lipinski definition) is 8. The number of carbonyl (C=O) groups is 1. The fourth-order valence-electron chi connectivity index (χ4n) is 2.75. The molecule has 0 aliphatic heterocycles. The molecular formula is C24H28N4O3S2. The van der Waals surface area contributed by atoms with Crippen LogP contribution < -0.4 is 14.9 Å². The predicted molar refractivity (Wildman–Crippen MR) is 134 cm³/mol. The van der Waals surface area contributed by atoms with E-state index in [9.17, 15) is 4.79 Å². The van der Waals surface area contributed by atoms with Gasteiger partial charge in [-0.1, -0.05) is 68.1 Å². The average Bonchev–Trinajstić information content (AvgIpc) is 3.21. The Labute approximate surface area is 202 Å². The van der Waals surface area contributed by atoms with E-state index in [-0.39, 0.29) is 17.1 Å². The van der Waals surface area contributed by atoms with Crippen LogP contribution in [-0.4, -0.2) is 41.3 Å². The van der Waals surface area contributed by atoms with Crippen LogP contribution in [0.2, 0.25) is 0 Å². The van der Waals surface area contributed by atoms with Crippen LogP contribution >= 0.6 is 23.1 Å². The van der Waals surface area contributed by atoms with Gasteiger partial charge in [0.1, 0.15) is 29.7 Å². The highest BCUT2D eigenvalue weighted by atomic mass is 32.2. The highest BCUT2D eigenvalue weighted by Gasteiger charge is 2.13. The summed E-state index contributed by atoms with van der Waals surface area (Å²) in [7, 11) is 0. The van der Waals surface area contributed by atoms with E-state index in [1.54, 1.807) is 6.21 Å². The Morgan fingerprint density at radius 1 is 1.09 bits per heavy atom. The van der Waals surface area contributed by atoms with Gasteiger partial charge < -0.3 is 9.47 Å². The van der Waals surface area contributed by atoms with Crippen LogP contribution in [0, 0.1) is 6.92 Å². The Morgan fingerprint density at radius 2 is 1.82 bits per heavy atom. The van der Waals surface area contributed by atoms with Crippen molar-refractivity contribution >= 4 is 35.2 Å². The van der Waals surface area contributed by atoms with Crippen molar-refractivity contribution in [2.75, 3.05) is 19.0 Å². The molecule has 0 bridgehead atoms. The van der Waals surface area contributed by atoms with Crippen molar-refractivity contribution in [2.24, 2.45) is 5.10 Å². The molecule has 1 N–H and O–H groups in total. The third-order valence-electron chi connectivity index (χ3n) is 4.48. The molecular weight excluding hydrogens is 456 g/mol. The van der Waals surface area contributed by atoms with Gasteiger partial charge in [-0.2, -0.15) is 5.10 Å². The highest BCUT2D eigenvalue weighted by molar-refractivity contribution is 8.01. The molecule has 7 nitrogen and oxygen atoms in total. The maximum atomic E-state index is 12.0. The van der Waals surface area contributed by atoms with Gasteiger partial charge in [0.2, 0.25) is 0 Å². The molecule has 0 aliphatic carbocycles. The van der Waals surface area contributed by atoms with E-state index >= 15 is 0 Å². The highest BCUT2D eigenvalue weighted by Crippen LogP contribution is 2.24. The predicted octanol–water partition coefficient (Wildman–Crippen LogP) is 4.84. The monoisotopic (exact) mass is 484 g/mol. The standard InChI is InChI=1S/C24H28N4O3S2/c1-17-26-28-23(33-17)32-16-22(29)27-25-15-18-7-5-6-8-21(18)31-14-13-30-20-11-9-19(10-12-20)24(2,3)4/h5-12,15H,13-14,16H2,1-4H3,(H,27,29)/b25-15-. The van der Waals surface area contributed by atoms with Crippen molar-refractivity contribution in [3.63, 3.8) is 0 Å². The Hall–Kier alpha value is -2.91. The van der Waals surface area contributed by atoms with Gasteiger partial charge in [-0.25, -0.2) is 5.43 Å². The normalized spacial score (nSPS) is 11.5. The number of aromatic nitrogens is 2. The first kappa shape index (κ1) is 24.7. The molecule has 33 heavy (non-hydrogen) atoms. The van der Waals surface area contributed by atoms with Crippen molar-refractivity contribution in [1.82, 2.24) is 15.6 Å². The van der Waals surface area contributed by atoms with Gasteiger partial charge in [-0.15, -0.1) is 10.2 Å². The number of nitrogens with zero attached hydrogens (tertiary/aromatic N) is 3. The Morgan fingerprint density at radius 3 is 2.52 bits per heavy atom. The summed E-state index contributed by atoms with van der Waals surface area (Å²) in [4.78, 5) is 12.0. The molecule has 0 atom stereocenters.